The third-order valence-corrected chi connectivity index (χ3v) is 6.51. The summed E-state index contributed by atoms with van der Waals surface area (Å²) < 4.78 is 14.2. The first-order valence-electron chi connectivity index (χ1n) is 9.28. The van der Waals surface area contributed by atoms with Crippen LogP contribution in [-0.2, 0) is 4.79 Å². The minimum atomic E-state index is -0.221. The van der Waals surface area contributed by atoms with Crippen molar-refractivity contribution in [2.75, 3.05) is 31.1 Å². The lowest BCUT2D eigenvalue weighted by molar-refractivity contribution is -0.132. The van der Waals surface area contributed by atoms with Crippen molar-refractivity contribution in [3.63, 3.8) is 0 Å². The van der Waals surface area contributed by atoms with Crippen LogP contribution in [0, 0.1) is 11.7 Å². The van der Waals surface area contributed by atoms with Crippen molar-refractivity contribution in [3.8, 4) is 0 Å². The summed E-state index contributed by atoms with van der Waals surface area (Å²) in [6, 6.07) is 4.72. The van der Waals surface area contributed by atoms with E-state index in [1.165, 1.54) is 49.5 Å². The number of piperazine rings is 1. The van der Waals surface area contributed by atoms with Gasteiger partial charge in [0.05, 0.1) is 10.2 Å². The van der Waals surface area contributed by atoms with Crippen LogP contribution >= 0.6 is 11.3 Å². The topological polar surface area (TPSA) is 36.4 Å². The van der Waals surface area contributed by atoms with E-state index >= 15 is 0 Å². The van der Waals surface area contributed by atoms with Gasteiger partial charge in [-0.05, 0) is 37.0 Å². The molecule has 0 spiro atoms. The number of hydrogen-bond acceptors (Lipinski definition) is 4. The van der Waals surface area contributed by atoms with E-state index in [4.69, 9.17) is 0 Å². The van der Waals surface area contributed by atoms with Crippen molar-refractivity contribution in [2.45, 2.75) is 38.5 Å². The lowest BCUT2D eigenvalue weighted by Crippen LogP contribution is -2.49. The fraction of sp³-hybridized carbons (Fsp3) is 0.579. The molecule has 2 aromatic rings. The molecule has 2 heterocycles. The lowest BCUT2D eigenvalue weighted by atomic mass is 9.86. The van der Waals surface area contributed by atoms with Crippen LogP contribution in [0.1, 0.15) is 38.5 Å². The van der Waals surface area contributed by atoms with Crippen molar-refractivity contribution in [2.24, 2.45) is 5.92 Å². The van der Waals surface area contributed by atoms with Crippen LogP contribution in [0.25, 0.3) is 10.2 Å². The van der Waals surface area contributed by atoms with Gasteiger partial charge in [0, 0.05) is 32.6 Å². The highest BCUT2D eigenvalue weighted by molar-refractivity contribution is 7.22. The van der Waals surface area contributed by atoms with Crippen molar-refractivity contribution in [1.29, 1.82) is 0 Å². The van der Waals surface area contributed by atoms with Gasteiger partial charge in [0.15, 0.2) is 5.13 Å². The highest BCUT2D eigenvalue weighted by Gasteiger charge is 2.25. The number of amides is 1. The Morgan fingerprint density at radius 3 is 2.68 bits per heavy atom. The Kier molecular flexibility index (Phi) is 4.88. The normalized spacial score (nSPS) is 19.6. The summed E-state index contributed by atoms with van der Waals surface area (Å²) in [6.07, 6.45) is 7.05. The largest absolute Gasteiger partial charge is 0.345 e. The summed E-state index contributed by atoms with van der Waals surface area (Å²) in [7, 11) is 0. The van der Waals surface area contributed by atoms with Gasteiger partial charge in [-0.1, -0.05) is 30.6 Å². The molecule has 1 aliphatic heterocycles. The molecule has 2 aliphatic rings. The van der Waals surface area contributed by atoms with Gasteiger partial charge in [0.2, 0.25) is 5.91 Å². The van der Waals surface area contributed by atoms with Crippen molar-refractivity contribution in [1.82, 2.24) is 9.88 Å². The third-order valence-electron chi connectivity index (χ3n) is 5.43. The zero-order valence-electron chi connectivity index (χ0n) is 14.4. The fourth-order valence-corrected chi connectivity index (χ4v) is 4.98. The molecular formula is C19H24FN3OS. The van der Waals surface area contributed by atoms with E-state index < -0.39 is 0 Å². The van der Waals surface area contributed by atoms with Gasteiger partial charge in [0.1, 0.15) is 5.82 Å². The quantitative estimate of drug-likeness (QED) is 0.827. The number of nitrogens with zero attached hydrogens (tertiary/aromatic N) is 3. The Balaban J connectivity index is 1.34. The van der Waals surface area contributed by atoms with Gasteiger partial charge in [-0.3, -0.25) is 4.79 Å². The second-order valence-electron chi connectivity index (χ2n) is 7.18. The van der Waals surface area contributed by atoms with Gasteiger partial charge in [-0.25, -0.2) is 9.37 Å². The number of thiazole rings is 1. The maximum Gasteiger partial charge on any atom is 0.222 e. The monoisotopic (exact) mass is 361 g/mol. The van der Waals surface area contributed by atoms with Gasteiger partial charge >= 0.3 is 0 Å². The van der Waals surface area contributed by atoms with E-state index in [1.54, 1.807) is 12.1 Å². The van der Waals surface area contributed by atoms with Crippen LogP contribution in [0.15, 0.2) is 18.2 Å². The maximum atomic E-state index is 13.3. The molecule has 0 N–H and O–H groups in total. The Bertz CT molecular complexity index is 748. The first-order valence-corrected chi connectivity index (χ1v) is 10.1. The second kappa shape index (κ2) is 7.28. The van der Waals surface area contributed by atoms with E-state index in [2.05, 4.69) is 9.88 Å². The highest BCUT2D eigenvalue weighted by Crippen LogP contribution is 2.30. The molecule has 6 heteroatoms. The zero-order chi connectivity index (χ0) is 17.2. The molecule has 1 aliphatic carbocycles. The molecule has 134 valence electrons. The summed E-state index contributed by atoms with van der Waals surface area (Å²) in [6.45, 7) is 3.13. The Hall–Kier alpha value is -1.69. The van der Waals surface area contributed by atoms with Crippen LogP contribution in [0.3, 0.4) is 0 Å². The SMILES string of the molecule is O=C(CC1CCCCC1)N1CCN(c2nc3ccc(F)cc3s2)CC1. The smallest absolute Gasteiger partial charge is 0.222 e. The summed E-state index contributed by atoms with van der Waals surface area (Å²) in [4.78, 5) is 21.4. The first-order chi connectivity index (χ1) is 12.2. The molecule has 4 nitrogen and oxygen atoms in total. The molecule has 0 atom stereocenters. The highest BCUT2D eigenvalue weighted by atomic mass is 32.1. The van der Waals surface area contributed by atoms with Crippen molar-refractivity contribution in [3.05, 3.63) is 24.0 Å². The molecule has 1 aromatic carbocycles. The van der Waals surface area contributed by atoms with Gasteiger partial charge < -0.3 is 9.80 Å². The summed E-state index contributed by atoms with van der Waals surface area (Å²) in [5, 5.41) is 0.931. The summed E-state index contributed by atoms with van der Waals surface area (Å²) >= 11 is 1.53. The molecule has 1 saturated carbocycles. The van der Waals surface area contributed by atoms with Gasteiger partial charge in [-0.15, -0.1) is 0 Å². The van der Waals surface area contributed by atoms with Crippen LogP contribution < -0.4 is 4.90 Å². The predicted molar refractivity (Wildman–Crippen MR) is 99.6 cm³/mol. The number of carbonyl (C=O) groups excluding carboxylic acids is 1. The number of rotatable bonds is 3. The molecule has 0 unspecified atom stereocenters. The third kappa shape index (κ3) is 3.78. The second-order valence-corrected chi connectivity index (χ2v) is 8.19. The molecule has 1 aromatic heterocycles. The molecule has 4 rings (SSSR count). The van der Waals surface area contributed by atoms with E-state index in [-0.39, 0.29) is 5.82 Å². The number of hydrogen-bond donors (Lipinski definition) is 0. The Morgan fingerprint density at radius 1 is 1.16 bits per heavy atom. The molecule has 1 amide bonds. The average Bonchev–Trinajstić information content (AvgIpc) is 3.06. The standard InChI is InChI=1S/C19H24FN3OS/c20-15-6-7-16-17(13-15)25-19(21-16)23-10-8-22(9-11-23)18(24)12-14-4-2-1-3-5-14/h6-7,13-14H,1-5,8-12H2. The molecule has 1 saturated heterocycles. The van der Waals surface area contributed by atoms with Crippen LogP contribution in [0.5, 0.6) is 0 Å². The first kappa shape index (κ1) is 16.8. The van der Waals surface area contributed by atoms with Crippen LogP contribution in [-0.4, -0.2) is 42.0 Å². The number of anilines is 1. The van der Waals surface area contributed by atoms with Crippen LogP contribution in [0.4, 0.5) is 9.52 Å². The van der Waals surface area contributed by atoms with Crippen molar-refractivity contribution < 1.29 is 9.18 Å². The van der Waals surface area contributed by atoms with Gasteiger partial charge in [0.25, 0.3) is 0 Å². The zero-order valence-corrected chi connectivity index (χ0v) is 15.2. The van der Waals surface area contributed by atoms with E-state index in [0.29, 0.717) is 11.8 Å². The predicted octanol–water partition coefficient (Wildman–Crippen LogP) is 4.05. The number of fused-ring (bicyclic) bond motifs is 1. The number of carbonyl (C=O) groups is 1. The van der Waals surface area contributed by atoms with E-state index in [0.717, 1.165) is 47.9 Å². The Labute approximate surface area is 151 Å². The van der Waals surface area contributed by atoms with Crippen molar-refractivity contribution >= 4 is 32.6 Å². The van der Waals surface area contributed by atoms with E-state index in [1.807, 2.05) is 4.90 Å². The number of benzene rings is 1. The molecule has 2 fully saturated rings. The molecule has 0 bridgehead atoms. The Morgan fingerprint density at radius 2 is 1.92 bits per heavy atom. The molecule has 0 radical (unpaired) electrons. The number of halogens is 1. The summed E-state index contributed by atoms with van der Waals surface area (Å²) in [5.41, 5.74) is 0.845. The number of aromatic nitrogens is 1. The van der Waals surface area contributed by atoms with Gasteiger partial charge in [-0.2, -0.15) is 0 Å². The van der Waals surface area contributed by atoms with E-state index in [9.17, 15) is 9.18 Å². The lowest BCUT2D eigenvalue weighted by Gasteiger charge is -2.35. The summed E-state index contributed by atoms with van der Waals surface area (Å²) in [5.74, 6) is 0.692. The average molecular weight is 361 g/mol. The minimum absolute atomic E-state index is 0.221. The molecule has 25 heavy (non-hydrogen) atoms. The molecular weight excluding hydrogens is 337 g/mol. The van der Waals surface area contributed by atoms with Crippen LogP contribution in [0.2, 0.25) is 0 Å². The fourth-order valence-electron chi connectivity index (χ4n) is 3.94. The minimum Gasteiger partial charge on any atom is -0.345 e. The maximum absolute atomic E-state index is 13.3.